The first-order chi connectivity index (χ1) is 8.35. The molecule has 17 heavy (non-hydrogen) atoms. The molecule has 0 aliphatic carbocycles. The van der Waals surface area contributed by atoms with Crippen LogP contribution in [0, 0.1) is 4.91 Å². The number of hydrogen-bond donors (Lipinski definition) is 0. The van der Waals surface area contributed by atoms with Crippen LogP contribution in [0.3, 0.4) is 0 Å². The molecule has 86 valence electrons. The molecule has 0 saturated heterocycles. The predicted octanol–water partition coefficient (Wildman–Crippen LogP) is 3.79. The molecule has 0 saturated carbocycles. The molecule has 1 unspecified atom stereocenters. The third-order valence-electron chi connectivity index (χ3n) is 2.73. The van der Waals surface area contributed by atoms with Gasteiger partial charge in [-0.15, -0.1) is 0 Å². The van der Waals surface area contributed by atoms with E-state index >= 15 is 0 Å². The standard InChI is InChI=1S/C14H14N2O/c1-2-12(16-17)8-7-11-9-10-15-14-6-4-3-5-13(11)14/h3-10,12H,2H2,1H3. The normalized spacial score (nSPS) is 13.0. The van der Waals surface area contributed by atoms with Gasteiger partial charge in [-0.2, -0.15) is 4.91 Å². The summed E-state index contributed by atoms with van der Waals surface area (Å²) in [5.74, 6) is 0. The zero-order valence-corrected chi connectivity index (χ0v) is 9.71. The van der Waals surface area contributed by atoms with E-state index in [4.69, 9.17) is 0 Å². The van der Waals surface area contributed by atoms with Crippen LogP contribution in [-0.4, -0.2) is 11.0 Å². The second-order valence-electron chi connectivity index (χ2n) is 3.86. The maximum absolute atomic E-state index is 10.5. The highest BCUT2D eigenvalue weighted by atomic mass is 16.3. The largest absolute Gasteiger partial charge is 0.256 e. The summed E-state index contributed by atoms with van der Waals surface area (Å²) in [7, 11) is 0. The van der Waals surface area contributed by atoms with E-state index in [1.807, 2.05) is 49.4 Å². The van der Waals surface area contributed by atoms with E-state index < -0.39 is 0 Å². The fourth-order valence-electron chi connectivity index (χ4n) is 1.72. The van der Waals surface area contributed by atoms with E-state index in [9.17, 15) is 4.91 Å². The molecular weight excluding hydrogens is 212 g/mol. The van der Waals surface area contributed by atoms with Gasteiger partial charge in [0.05, 0.1) is 5.52 Å². The maximum Gasteiger partial charge on any atom is 0.110 e. The monoisotopic (exact) mass is 226 g/mol. The topological polar surface area (TPSA) is 42.3 Å². The van der Waals surface area contributed by atoms with Crippen LogP contribution in [0.5, 0.6) is 0 Å². The molecule has 0 spiro atoms. The summed E-state index contributed by atoms with van der Waals surface area (Å²) in [5, 5.41) is 4.14. The van der Waals surface area contributed by atoms with Gasteiger partial charge in [0.25, 0.3) is 0 Å². The number of fused-ring (bicyclic) bond motifs is 1. The van der Waals surface area contributed by atoms with E-state index in [1.165, 1.54) is 0 Å². The highest BCUT2D eigenvalue weighted by molar-refractivity contribution is 5.87. The molecule has 1 aromatic carbocycles. The van der Waals surface area contributed by atoms with Gasteiger partial charge in [-0.05, 0) is 24.1 Å². The van der Waals surface area contributed by atoms with Crippen LogP contribution in [0.25, 0.3) is 17.0 Å². The minimum atomic E-state index is -0.248. The number of rotatable bonds is 4. The van der Waals surface area contributed by atoms with Crippen molar-refractivity contribution >= 4 is 17.0 Å². The van der Waals surface area contributed by atoms with Gasteiger partial charge >= 0.3 is 0 Å². The van der Waals surface area contributed by atoms with Crippen molar-refractivity contribution in [3.05, 3.63) is 53.1 Å². The highest BCUT2D eigenvalue weighted by Gasteiger charge is 2.01. The lowest BCUT2D eigenvalue weighted by Crippen LogP contribution is -1.94. The molecule has 2 aromatic rings. The fraction of sp³-hybridized carbons (Fsp3) is 0.214. The summed E-state index contributed by atoms with van der Waals surface area (Å²) < 4.78 is 0. The molecule has 2 rings (SSSR count). The lowest BCUT2D eigenvalue weighted by atomic mass is 10.1. The average molecular weight is 226 g/mol. The van der Waals surface area contributed by atoms with Gasteiger partial charge in [0.15, 0.2) is 0 Å². The number of benzene rings is 1. The molecule has 3 heteroatoms. The zero-order valence-electron chi connectivity index (χ0n) is 9.71. The van der Waals surface area contributed by atoms with E-state index in [0.717, 1.165) is 22.9 Å². The Kier molecular flexibility index (Phi) is 3.60. The Morgan fingerprint density at radius 2 is 2.18 bits per heavy atom. The second kappa shape index (κ2) is 5.34. The minimum Gasteiger partial charge on any atom is -0.256 e. The summed E-state index contributed by atoms with van der Waals surface area (Å²) in [4.78, 5) is 14.8. The van der Waals surface area contributed by atoms with Crippen molar-refractivity contribution in [1.29, 1.82) is 0 Å². The SMILES string of the molecule is CCC(C=Cc1ccnc2ccccc12)N=O. The van der Waals surface area contributed by atoms with Crippen molar-refractivity contribution in [3.63, 3.8) is 0 Å². The highest BCUT2D eigenvalue weighted by Crippen LogP contribution is 2.18. The van der Waals surface area contributed by atoms with Crippen LogP contribution in [0.1, 0.15) is 18.9 Å². The minimum absolute atomic E-state index is 0.248. The van der Waals surface area contributed by atoms with Gasteiger partial charge in [0.2, 0.25) is 0 Å². The quantitative estimate of drug-likeness (QED) is 0.744. The fourth-order valence-corrected chi connectivity index (χ4v) is 1.72. The Balaban J connectivity index is 2.39. The first kappa shape index (κ1) is 11.5. The lowest BCUT2D eigenvalue weighted by molar-refractivity contribution is 0.781. The van der Waals surface area contributed by atoms with Gasteiger partial charge in [0.1, 0.15) is 6.04 Å². The van der Waals surface area contributed by atoms with Crippen molar-refractivity contribution in [1.82, 2.24) is 4.98 Å². The van der Waals surface area contributed by atoms with Crippen LogP contribution in [-0.2, 0) is 0 Å². The molecule has 0 fully saturated rings. The zero-order chi connectivity index (χ0) is 12.1. The molecule has 0 bridgehead atoms. The summed E-state index contributed by atoms with van der Waals surface area (Å²) in [5.41, 5.74) is 2.03. The van der Waals surface area contributed by atoms with Crippen molar-refractivity contribution in [2.75, 3.05) is 0 Å². The van der Waals surface area contributed by atoms with Crippen LogP contribution < -0.4 is 0 Å². The number of para-hydroxylation sites is 1. The Bertz CT molecular complexity index is 543. The number of nitrogens with zero attached hydrogens (tertiary/aromatic N) is 2. The summed E-state index contributed by atoms with van der Waals surface area (Å²) in [6.45, 7) is 1.95. The average Bonchev–Trinajstić information content (AvgIpc) is 2.40. The molecule has 3 nitrogen and oxygen atoms in total. The summed E-state index contributed by atoms with van der Waals surface area (Å²) >= 11 is 0. The van der Waals surface area contributed by atoms with Crippen molar-refractivity contribution in [2.24, 2.45) is 5.18 Å². The van der Waals surface area contributed by atoms with E-state index in [0.29, 0.717) is 0 Å². The predicted molar refractivity (Wildman–Crippen MR) is 70.7 cm³/mol. The van der Waals surface area contributed by atoms with Gasteiger partial charge in [-0.25, -0.2) is 0 Å². The summed E-state index contributed by atoms with van der Waals surface area (Å²) in [6, 6.07) is 9.64. The van der Waals surface area contributed by atoms with Crippen LogP contribution in [0.2, 0.25) is 0 Å². The molecule has 0 amide bonds. The molecular formula is C14H14N2O. The molecule has 1 atom stereocenters. The molecule has 1 heterocycles. The molecule has 0 radical (unpaired) electrons. The second-order valence-corrected chi connectivity index (χ2v) is 3.86. The molecule has 0 aliphatic rings. The van der Waals surface area contributed by atoms with Crippen molar-refractivity contribution in [2.45, 2.75) is 19.4 Å². The van der Waals surface area contributed by atoms with Gasteiger partial charge in [-0.1, -0.05) is 42.5 Å². The number of nitroso groups, excluding NO2 is 1. The first-order valence-corrected chi connectivity index (χ1v) is 5.69. The number of hydrogen-bond acceptors (Lipinski definition) is 3. The van der Waals surface area contributed by atoms with Crippen LogP contribution in [0.4, 0.5) is 0 Å². The molecule has 0 aliphatic heterocycles. The molecule has 1 aromatic heterocycles. The summed E-state index contributed by atoms with van der Waals surface area (Å²) in [6.07, 6.45) is 6.29. The van der Waals surface area contributed by atoms with E-state index in [2.05, 4.69) is 10.2 Å². The molecule has 0 N–H and O–H groups in total. The Hall–Kier alpha value is -2.03. The van der Waals surface area contributed by atoms with E-state index in [-0.39, 0.29) is 6.04 Å². The van der Waals surface area contributed by atoms with Gasteiger partial charge < -0.3 is 0 Å². The smallest absolute Gasteiger partial charge is 0.110 e. The Morgan fingerprint density at radius 3 is 2.94 bits per heavy atom. The third kappa shape index (κ3) is 2.56. The Labute approximate surface area is 100 Å². The third-order valence-corrected chi connectivity index (χ3v) is 2.73. The van der Waals surface area contributed by atoms with Gasteiger partial charge in [0, 0.05) is 11.6 Å². The van der Waals surface area contributed by atoms with Crippen LogP contribution >= 0.6 is 0 Å². The number of aromatic nitrogens is 1. The lowest BCUT2D eigenvalue weighted by Gasteiger charge is -2.02. The van der Waals surface area contributed by atoms with E-state index in [1.54, 1.807) is 6.20 Å². The first-order valence-electron chi connectivity index (χ1n) is 5.69. The van der Waals surface area contributed by atoms with Crippen LogP contribution in [0.15, 0.2) is 47.8 Å². The maximum atomic E-state index is 10.5. The number of pyridine rings is 1. The van der Waals surface area contributed by atoms with Gasteiger partial charge in [-0.3, -0.25) is 4.98 Å². The Morgan fingerprint density at radius 1 is 1.35 bits per heavy atom. The van der Waals surface area contributed by atoms with Crippen molar-refractivity contribution in [3.8, 4) is 0 Å². The van der Waals surface area contributed by atoms with Crippen molar-refractivity contribution < 1.29 is 0 Å².